The summed E-state index contributed by atoms with van der Waals surface area (Å²) in [5, 5.41) is 6.90. The Balaban J connectivity index is 1.72. The predicted molar refractivity (Wildman–Crippen MR) is 58.8 cm³/mol. The average molecular weight is 204 g/mol. The molecule has 0 spiro atoms. The molecule has 4 nitrogen and oxygen atoms in total. The van der Waals surface area contributed by atoms with Crippen molar-refractivity contribution < 1.29 is 0 Å². The van der Waals surface area contributed by atoms with E-state index < -0.39 is 0 Å². The molecule has 4 heteroatoms. The number of aromatic nitrogens is 2. The Hall–Kier alpha value is -1.16. The number of aryl methyl sites for hydroxylation is 2. The lowest BCUT2D eigenvalue weighted by Crippen LogP contribution is -2.22. The number of hydrogen-bond acceptors (Lipinski definition) is 4. The van der Waals surface area contributed by atoms with Gasteiger partial charge in [0.15, 0.2) is 0 Å². The average Bonchev–Trinajstić information content (AvgIpc) is 2.60. The van der Waals surface area contributed by atoms with E-state index in [0.717, 1.165) is 42.3 Å². The van der Waals surface area contributed by atoms with Gasteiger partial charge in [-0.2, -0.15) is 0 Å². The largest absolute Gasteiger partial charge is 0.367 e. The first-order chi connectivity index (χ1) is 7.24. The summed E-state index contributed by atoms with van der Waals surface area (Å²) in [4.78, 5) is 8.67. The molecule has 2 atom stereocenters. The number of nitrogens with one attached hydrogen (secondary N) is 2. The molecule has 2 aliphatic rings. The maximum Gasteiger partial charge on any atom is 0.130 e. The summed E-state index contributed by atoms with van der Waals surface area (Å²) in [5.41, 5.74) is 1.04. The fourth-order valence-corrected chi connectivity index (χ4v) is 2.59. The fourth-order valence-electron chi connectivity index (χ4n) is 2.59. The summed E-state index contributed by atoms with van der Waals surface area (Å²) in [7, 11) is 0. The molecule has 0 amide bonds. The minimum absolute atomic E-state index is 0.639. The number of piperidine rings is 1. The Morgan fingerprint density at radius 2 is 2.00 bits per heavy atom. The van der Waals surface area contributed by atoms with Crippen molar-refractivity contribution in [3.8, 4) is 0 Å². The van der Waals surface area contributed by atoms with Crippen LogP contribution >= 0.6 is 0 Å². The molecular weight excluding hydrogens is 188 g/mol. The first kappa shape index (κ1) is 9.09. The van der Waals surface area contributed by atoms with Crippen LogP contribution in [0.1, 0.15) is 11.5 Å². The second-order valence-electron chi connectivity index (χ2n) is 4.60. The molecule has 15 heavy (non-hydrogen) atoms. The van der Waals surface area contributed by atoms with Crippen molar-refractivity contribution in [3.05, 3.63) is 17.6 Å². The van der Waals surface area contributed by atoms with E-state index >= 15 is 0 Å². The maximum atomic E-state index is 4.40. The normalized spacial score (nSPS) is 32.5. The second kappa shape index (κ2) is 3.17. The molecular formula is C11H16N4. The van der Waals surface area contributed by atoms with Crippen molar-refractivity contribution in [3.63, 3.8) is 0 Å². The SMILES string of the molecule is Cc1cc(NC2C3CNCC32)nc(C)n1. The molecule has 2 unspecified atom stereocenters. The molecule has 80 valence electrons. The molecule has 1 saturated heterocycles. The summed E-state index contributed by atoms with van der Waals surface area (Å²) in [5.74, 6) is 3.47. The Labute approximate surface area is 89.5 Å². The van der Waals surface area contributed by atoms with Crippen LogP contribution in [0.15, 0.2) is 6.07 Å². The summed E-state index contributed by atoms with van der Waals surface area (Å²) < 4.78 is 0. The molecule has 1 aliphatic heterocycles. The quantitative estimate of drug-likeness (QED) is 0.745. The van der Waals surface area contributed by atoms with Gasteiger partial charge >= 0.3 is 0 Å². The topological polar surface area (TPSA) is 49.8 Å². The van der Waals surface area contributed by atoms with E-state index in [1.165, 1.54) is 0 Å². The van der Waals surface area contributed by atoms with Gasteiger partial charge < -0.3 is 10.6 Å². The second-order valence-corrected chi connectivity index (χ2v) is 4.60. The van der Waals surface area contributed by atoms with Crippen LogP contribution in [0.2, 0.25) is 0 Å². The van der Waals surface area contributed by atoms with Gasteiger partial charge in [-0.1, -0.05) is 0 Å². The van der Waals surface area contributed by atoms with Gasteiger partial charge in [0.25, 0.3) is 0 Å². The van der Waals surface area contributed by atoms with Crippen molar-refractivity contribution in [1.29, 1.82) is 0 Å². The van der Waals surface area contributed by atoms with Crippen LogP contribution in [0.5, 0.6) is 0 Å². The first-order valence-corrected chi connectivity index (χ1v) is 5.53. The van der Waals surface area contributed by atoms with Crippen LogP contribution in [0.3, 0.4) is 0 Å². The van der Waals surface area contributed by atoms with Crippen LogP contribution in [0.25, 0.3) is 0 Å². The number of hydrogen-bond donors (Lipinski definition) is 2. The molecule has 3 rings (SSSR count). The molecule has 2 N–H and O–H groups in total. The third-order valence-electron chi connectivity index (χ3n) is 3.37. The van der Waals surface area contributed by atoms with E-state index in [2.05, 4.69) is 20.6 Å². The summed E-state index contributed by atoms with van der Waals surface area (Å²) in [6.45, 7) is 6.26. The van der Waals surface area contributed by atoms with Gasteiger partial charge in [-0.15, -0.1) is 0 Å². The highest BCUT2D eigenvalue weighted by Crippen LogP contribution is 2.43. The summed E-state index contributed by atoms with van der Waals surface area (Å²) in [6, 6.07) is 2.66. The minimum atomic E-state index is 0.639. The van der Waals surface area contributed by atoms with Crippen molar-refractivity contribution in [2.24, 2.45) is 11.8 Å². The van der Waals surface area contributed by atoms with E-state index in [9.17, 15) is 0 Å². The molecule has 2 fully saturated rings. The zero-order valence-electron chi connectivity index (χ0n) is 9.12. The third kappa shape index (κ3) is 1.59. The highest BCUT2D eigenvalue weighted by molar-refractivity contribution is 5.40. The van der Waals surface area contributed by atoms with Crippen LogP contribution in [-0.2, 0) is 0 Å². The molecule has 1 aliphatic carbocycles. The third-order valence-corrected chi connectivity index (χ3v) is 3.37. The van der Waals surface area contributed by atoms with Crippen molar-refractivity contribution in [1.82, 2.24) is 15.3 Å². The number of nitrogens with zero attached hydrogens (tertiary/aromatic N) is 2. The number of anilines is 1. The molecule has 1 aromatic heterocycles. The molecule has 2 heterocycles. The van der Waals surface area contributed by atoms with Gasteiger partial charge in [0.1, 0.15) is 11.6 Å². The zero-order chi connectivity index (χ0) is 10.4. The molecule has 1 saturated carbocycles. The van der Waals surface area contributed by atoms with Gasteiger partial charge in [-0.25, -0.2) is 9.97 Å². The van der Waals surface area contributed by atoms with Crippen LogP contribution < -0.4 is 10.6 Å². The Kier molecular flexibility index (Phi) is 1.92. The van der Waals surface area contributed by atoms with E-state index in [-0.39, 0.29) is 0 Å². The van der Waals surface area contributed by atoms with Crippen molar-refractivity contribution in [2.75, 3.05) is 18.4 Å². The van der Waals surface area contributed by atoms with Gasteiger partial charge in [0.2, 0.25) is 0 Å². The van der Waals surface area contributed by atoms with Crippen LogP contribution in [0, 0.1) is 25.7 Å². The van der Waals surface area contributed by atoms with E-state index in [1.54, 1.807) is 0 Å². The standard InChI is InChI=1S/C11H16N4/c1-6-3-10(14-7(2)13-6)15-11-8-4-12-5-9(8)11/h3,8-9,11-12H,4-5H2,1-2H3,(H,13,14,15). The van der Waals surface area contributed by atoms with E-state index in [1.807, 2.05) is 19.9 Å². The lowest BCUT2D eigenvalue weighted by atomic mass is 10.3. The maximum absolute atomic E-state index is 4.40. The monoisotopic (exact) mass is 204 g/mol. The fraction of sp³-hybridized carbons (Fsp3) is 0.636. The molecule has 0 aromatic carbocycles. The number of rotatable bonds is 2. The van der Waals surface area contributed by atoms with Crippen LogP contribution in [-0.4, -0.2) is 29.1 Å². The van der Waals surface area contributed by atoms with Gasteiger partial charge in [0, 0.05) is 30.9 Å². The summed E-state index contributed by atoms with van der Waals surface area (Å²) in [6.07, 6.45) is 0. The Morgan fingerprint density at radius 1 is 1.27 bits per heavy atom. The highest BCUT2D eigenvalue weighted by atomic mass is 15.1. The zero-order valence-corrected chi connectivity index (χ0v) is 9.12. The minimum Gasteiger partial charge on any atom is -0.367 e. The lowest BCUT2D eigenvalue weighted by Gasteiger charge is -2.09. The summed E-state index contributed by atoms with van der Waals surface area (Å²) >= 11 is 0. The smallest absolute Gasteiger partial charge is 0.130 e. The number of fused-ring (bicyclic) bond motifs is 1. The lowest BCUT2D eigenvalue weighted by molar-refractivity contribution is 0.695. The molecule has 0 radical (unpaired) electrons. The van der Waals surface area contributed by atoms with Crippen molar-refractivity contribution >= 4 is 5.82 Å². The van der Waals surface area contributed by atoms with Crippen LogP contribution in [0.4, 0.5) is 5.82 Å². The van der Waals surface area contributed by atoms with E-state index in [0.29, 0.717) is 6.04 Å². The van der Waals surface area contributed by atoms with Gasteiger partial charge in [-0.3, -0.25) is 0 Å². The molecule has 1 aromatic rings. The van der Waals surface area contributed by atoms with Gasteiger partial charge in [-0.05, 0) is 25.7 Å². The first-order valence-electron chi connectivity index (χ1n) is 5.53. The van der Waals surface area contributed by atoms with E-state index in [4.69, 9.17) is 0 Å². The van der Waals surface area contributed by atoms with Gasteiger partial charge in [0.05, 0.1) is 0 Å². The predicted octanol–water partition coefficient (Wildman–Crippen LogP) is 0.723. The Morgan fingerprint density at radius 3 is 2.67 bits per heavy atom. The Bertz CT molecular complexity index is 360. The highest BCUT2D eigenvalue weighted by Gasteiger charge is 2.53. The van der Waals surface area contributed by atoms with Crippen molar-refractivity contribution in [2.45, 2.75) is 19.9 Å². The molecule has 0 bridgehead atoms.